The summed E-state index contributed by atoms with van der Waals surface area (Å²) < 4.78 is 92.6. The van der Waals surface area contributed by atoms with Crippen molar-refractivity contribution in [3.05, 3.63) is 24.3 Å². The summed E-state index contributed by atoms with van der Waals surface area (Å²) in [6, 6.07) is 5.16. The van der Waals surface area contributed by atoms with E-state index in [-0.39, 0.29) is 52.2 Å². The lowest BCUT2D eigenvalue weighted by Gasteiger charge is -2.42. The molecular formula is C22H30F4N2O6S. The van der Waals surface area contributed by atoms with Crippen molar-refractivity contribution < 1.29 is 45.0 Å². The summed E-state index contributed by atoms with van der Waals surface area (Å²) in [5.41, 5.74) is -0.270. The first-order chi connectivity index (χ1) is 16.2. The summed E-state index contributed by atoms with van der Waals surface area (Å²) in [6.07, 6.45) is -8.57. The van der Waals surface area contributed by atoms with Crippen molar-refractivity contribution >= 4 is 21.7 Å². The molecule has 2 fully saturated rings. The number of piperazine rings is 1. The van der Waals surface area contributed by atoms with Gasteiger partial charge in [-0.25, -0.2) is 8.42 Å². The zero-order chi connectivity index (χ0) is 26.1. The fourth-order valence-corrected chi connectivity index (χ4v) is 6.07. The normalized spacial score (nSPS) is 20.1. The maximum absolute atomic E-state index is 13.7. The van der Waals surface area contributed by atoms with Gasteiger partial charge in [-0.2, -0.15) is 21.9 Å². The molecule has 2 saturated heterocycles. The van der Waals surface area contributed by atoms with Gasteiger partial charge in [-0.15, -0.1) is 0 Å². The van der Waals surface area contributed by atoms with E-state index < -0.39 is 44.6 Å². The number of esters is 1. The van der Waals surface area contributed by atoms with Crippen LogP contribution >= 0.6 is 0 Å². The lowest BCUT2D eigenvalue weighted by molar-refractivity contribution is -0.253. The molecule has 0 unspecified atom stereocenters. The molecule has 35 heavy (non-hydrogen) atoms. The number of nitrogens with zero attached hydrogens (tertiary/aromatic N) is 2. The first kappa shape index (κ1) is 27.5. The molecular weight excluding hydrogens is 496 g/mol. The van der Waals surface area contributed by atoms with Crippen LogP contribution in [0.2, 0.25) is 0 Å². The molecule has 1 aromatic carbocycles. The standard InChI is InChI=1S/C22H30F4N2O6S/c1-20(2,3)34-19(29)21(8-14-32-15-9-21)35(30,31)28-12-10-27(11-13-28)16-4-6-17(7-5-16)33-22(25,26)18(23)24/h4-7,18H,8-15H2,1-3H3. The van der Waals surface area contributed by atoms with Gasteiger partial charge in [-0.05, 0) is 45.0 Å². The largest absolute Gasteiger partial charge is 0.461 e. The number of hydrogen-bond donors (Lipinski definition) is 0. The molecule has 8 nitrogen and oxygen atoms in total. The summed E-state index contributed by atoms with van der Waals surface area (Å²) in [7, 11) is -4.08. The minimum absolute atomic E-state index is 0.00479. The second-order valence-electron chi connectivity index (χ2n) is 9.46. The monoisotopic (exact) mass is 526 g/mol. The highest BCUT2D eigenvalue weighted by molar-refractivity contribution is 7.91. The maximum Gasteiger partial charge on any atom is 0.461 e. The number of halogens is 4. The van der Waals surface area contributed by atoms with E-state index in [1.165, 1.54) is 16.4 Å². The van der Waals surface area contributed by atoms with Crippen molar-refractivity contribution in [1.29, 1.82) is 0 Å². The number of hydrogen-bond acceptors (Lipinski definition) is 7. The summed E-state index contributed by atoms with van der Waals surface area (Å²) in [5, 5.41) is 0. The quantitative estimate of drug-likeness (QED) is 0.398. The van der Waals surface area contributed by atoms with E-state index >= 15 is 0 Å². The van der Waals surface area contributed by atoms with Crippen LogP contribution in [-0.4, -0.2) is 81.0 Å². The first-order valence-corrected chi connectivity index (χ1v) is 12.6. The van der Waals surface area contributed by atoms with Gasteiger partial charge in [-0.1, -0.05) is 0 Å². The number of sulfonamides is 1. The molecule has 1 aromatic rings. The molecule has 0 amide bonds. The molecule has 2 aliphatic heterocycles. The number of benzene rings is 1. The summed E-state index contributed by atoms with van der Waals surface area (Å²) in [5.74, 6) is -1.20. The van der Waals surface area contributed by atoms with Crippen molar-refractivity contribution in [3.63, 3.8) is 0 Å². The molecule has 0 N–H and O–H groups in total. The molecule has 0 bridgehead atoms. The van der Waals surface area contributed by atoms with E-state index in [1.807, 2.05) is 4.90 Å². The Bertz CT molecular complexity index is 984. The average Bonchev–Trinajstić information content (AvgIpc) is 2.78. The zero-order valence-electron chi connectivity index (χ0n) is 19.8. The number of rotatable bonds is 7. The molecule has 0 atom stereocenters. The Morgan fingerprint density at radius 3 is 2.06 bits per heavy atom. The van der Waals surface area contributed by atoms with Crippen molar-refractivity contribution in [2.75, 3.05) is 44.3 Å². The Morgan fingerprint density at radius 2 is 1.57 bits per heavy atom. The van der Waals surface area contributed by atoms with Crippen molar-refractivity contribution in [2.24, 2.45) is 0 Å². The van der Waals surface area contributed by atoms with Gasteiger partial charge in [-0.3, -0.25) is 4.79 Å². The van der Waals surface area contributed by atoms with Crippen LogP contribution in [0.5, 0.6) is 5.75 Å². The Balaban J connectivity index is 1.70. The predicted octanol–water partition coefficient (Wildman–Crippen LogP) is 3.27. The van der Waals surface area contributed by atoms with Gasteiger partial charge in [0.2, 0.25) is 10.0 Å². The fraction of sp³-hybridized carbons (Fsp3) is 0.682. The van der Waals surface area contributed by atoms with Crippen LogP contribution < -0.4 is 9.64 Å². The van der Waals surface area contributed by atoms with Gasteiger partial charge in [0.1, 0.15) is 11.4 Å². The van der Waals surface area contributed by atoms with Gasteiger partial charge in [0.25, 0.3) is 0 Å². The highest BCUT2D eigenvalue weighted by Gasteiger charge is 2.56. The highest BCUT2D eigenvalue weighted by Crippen LogP contribution is 2.36. The van der Waals surface area contributed by atoms with Crippen molar-refractivity contribution in [2.45, 2.75) is 56.5 Å². The van der Waals surface area contributed by atoms with Gasteiger partial charge in [0, 0.05) is 57.9 Å². The average molecular weight is 527 g/mol. The van der Waals surface area contributed by atoms with Crippen LogP contribution in [0.15, 0.2) is 24.3 Å². The minimum Gasteiger partial charge on any atom is -0.459 e. The second-order valence-corrected chi connectivity index (χ2v) is 11.7. The second kappa shape index (κ2) is 10.1. The van der Waals surface area contributed by atoms with Crippen LogP contribution in [0.25, 0.3) is 0 Å². The van der Waals surface area contributed by atoms with E-state index in [0.29, 0.717) is 5.69 Å². The molecule has 13 heteroatoms. The minimum atomic E-state index is -4.60. The number of ether oxygens (including phenoxy) is 3. The molecule has 0 radical (unpaired) electrons. The zero-order valence-corrected chi connectivity index (χ0v) is 20.6. The van der Waals surface area contributed by atoms with Crippen LogP contribution in [0, 0.1) is 0 Å². The van der Waals surface area contributed by atoms with Crippen molar-refractivity contribution in [1.82, 2.24) is 4.31 Å². The highest BCUT2D eigenvalue weighted by atomic mass is 32.2. The van der Waals surface area contributed by atoms with E-state index in [2.05, 4.69) is 4.74 Å². The van der Waals surface area contributed by atoms with E-state index in [4.69, 9.17) is 9.47 Å². The maximum atomic E-state index is 13.7. The summed E-state index contributed by atoms with van der Waals surface area (Å²) in [4.78, 5) is 14.9. The first-order valence-electron chi connectivity index (χ1n) is 11.2. The van der Waals surface area contributed by atoms with Crippen LogP contribution in [0.1, 0.15) is 33.6 Å². The third kappa shape index (κ3) is 6.00. The number of carbonyl (C=O) groups excluding carboxylic acids is 1. The molecule has 0 saturated carbocycles. The van der Waals surface area contributed by atoms with Gasteiger partial charge >= 0.3 is 18.5 Å². The lowest BCUT2D eigenvalue weighted by Crippen LogP contribution is -2.61. The smallest absolute Gasteiger partial charge is 0.459 e. The topological polar surface area (TPSA) is 85.4 Å². The predicted molar refractivity (Wildman–Crippen MR) is 119 cm³/mol. The molecule has 0 spiro atoms. The molecule has 0 aliphatic carbocycles. The molecule has 2 heterocycles. The lowest BCUT2D eigenvalue weighted by atomic mass is 9.99. The summed E-state index contributed by atoms with van der Waals surface area (Å²) >= 11 is 0. The Hall–Kier alpha value is -2.12. The van der Waals surface area contributed by atoms with Crippen LogP contribution in [0.3, 0.4) is 0 Å². The number of anilines is 1. The fourth-order valence-electron chi connectivity index (χ4n) is 4.00. The number of carbonyl (C=O) groups is 1. The summed E-state index contributed by atoms with van der Waals surface area (Å²) in [6.45, 7) is 6.00. The SMILES string of the molecule is CC(C)(C)OC(=O)C1(S(=O)(=O)N2CCN(c3ccc(OC(F)(F)C(F)F)cc3)CC2)CCOCC1. The van der Waals surface area contributed by atoms with E-state index in [9.17, 15) is 30.8 Å². The molecule has 2 aliphatic rings. The van der Waals surface area contributed by atoms with E-state index in [0.717, 1.165) is 12.1 Å². The van der Waals surface area contributed by atoms with Crippen molar-refractivity contribution in [3.8, 4) is 5.75 Å². The van der Waals surface area contributed by atoms with E-state index in [1.54, 1.807) is 20.8 Å². The molecule has 3 rings (SSSR count). The third-order valence-electron chi connectivity index (χ3n) is 5.85. The third-order valence-corrected chi connectivity index (χ3v) is 8.46. The number of alkyl halides is 4. The Kier molecular flexibility index (Phi) is 7.92. The Morgan fingerprint density at radius 1 is 1.03 bits per heavy atom. The molecule has 198 valence electrons. The van der Waals surface area contributed by atoms with Crippen LogP contribution in [-0.2, 0) is 24.3 Å². The van der Waals surface area contributed by atoms with Gasteiger partial charge in [0.15, 0.2) is 4.75 Å². The van der Waals surface area contributed by atoms with Gasteiger partial charge < -0.3 is 19.1 Å². The molecule has 0 aromatic heterocycles. The van der Waals surface area contributed by atoms with Crippen LogP contribution in [0.4, 0.5) is 23.2 Å². The Labute approximate surface area is 202 Å². The van der Waals surface area contributed by atoms with Gasteiger partial charge in [0.05, 0.1) is 0 Å².